The van der Waals surface area contributed by atoms with Gasteiger partial charge in [-0.25, -0.2) is 0 Å². The van der Waals surface area contributed by atoms with Crippen LogP contribution in [0.25, 0.3) is 0 Å². The Balaban J connectivity index is 3.46. The molecule has 1 aromatic rings. The van der Waals surface area contributed by atoms with Gasteiger partial charge in [0.05, 0.1) is 5.41 Å². The SMILES string of the molecule is CCC(C)(C)C(=O)Oc1c(C(C)(C)C)cccc1C(C)(C)C. The second-order valence-corrected chi connectivity index (χ2v) is 8.81. The van der Waals surface area contributed by atoms with E-state index in [9.17, 15) is 4.79 Å². The lowest BCUT2D eigenvalue weighted by atomic mass is 9.79. The fourth-order valence-electron chi connectivity index (χ4n) is 2.20. The zero-order chi connectivity index (χ0) is 17.3. The predicted molar refractivity (Wildman–Crippen MR) is 93.5 cm³/mol. The van der Waals surface area contributed by atoms with Crippen LogP contribution in [0.2, 0.25) is 0 Å². The molecule has 0 saturated carbocycles. The van der Waals surface area contributed by atoms with Crippen LogP contribution in [0.4, 0.5) is 0 Å². The average Bonchev–Trinajstić information content (AvgIpc) is 2.36. The van der Waals surface area contributed by atoms with Crippen LogP contribution in [0.3, 0.4) is 0 Å². The Morgan fingerprint density at radius 3 is 1.64 bits per heavy atom. The van der Waals surface area contributed by atoms with Crippen molar-refractivity contribution in [2.45, 2.75) is 79.6 Å². The molecule has 0 radical (unpaired) electrons. The number of hydrogen-bond acceptors (Lipinski definition) is 2. The number of ether oxygens (including phenoxy) is 1. The van der Waals surface area contributed by atoms with Crippen molar-refractivity contribution in [1.82, 2.24) is 0 Å². The number of benzene rings is 1. The molecule has 1 rings (SSSR count). The van der Waals surface area contributed by atoms with Crippen molar-refractivity contribution < 1.29 is 9.53 Å². The van der Waals surface area contributed by atoms with Gasteiger partial charge in [0.1, 0.15) is 5.75 Å². The summed E-state index contributed by atoms with van der Waals surface area (Å²) in [5.41, 5.74) is 1.54. The smallest absolute Gasteiger partial charge is 0.316 e. The summed E-state index contributed by atoms with van der Waals surface area (Å²) >= 11 is 0. The third-order valence-electron chi connectivity index (χ3n) is 4.26. The van der Waals surface area contributed by atoms with E-state index < -0.39 is 5.41 Å². The minimum absolute atomic E-state index is 0.0762. The van der Waals surface area contributed by atoms with Crippen LogP contribution >= 0.6 is 0 Å². The molecule has 2 heteroatoms. The standard InChI is InChI=1S/C20H32O2/c1-10-20(8,9)17(21)22-16-14(18(2,3)4)12-11-13-15(16)19(5,6)7/h11-13H,10H2,1-9H3. The summed E-state index contributed by atoms with van der Waals surface area (Å²) in [4.78, 5) is 12.6. The van der Waals surface area contributed by atoms with Crippen molar-refractivity contribution >= 4 is 5.97 Å². The molecular weight excluding hydrogens is 272 g/mol. The van der Waals surface area contributed by atoms with Crippen molar-refractivity contribution in [3.63, 3.8) is 0 Å². The molecule has 0 fully saturated rings. The van der Waals surface area contributed by atoms with Gasteiger partial charge in [-0.2, -0.15) is 0 Å². The van der Waals surface area contributed by atoms with Gasteiger partial charge in [0.2, 0.25) is 0 Å². The topological polar surface area (TPSA) is 26.3 Å². The average molecular weight is 304 g/mol. The van der Waals surface area contributed by atoms with Crippen LogP contribution < -0.4 is 4.74 Å². The van der Waals surface area contributed by atoms with E-state index in [0.717, 1.165) is 23.3 Å². The van der Waals surface area contributed by atoms with Crippen LogP contribution in [-0.4, -0.2) is 5.97 Å². The summed E-state index contributed by atoms with van der Waals surface area (Å²) in [5.74, 6) is 0.589. The van der Waals surface area contributed by atoms with E-state index in [1.54, 1.807) is 0 Å². The minimum atomic E-state index is -0.472. The molecule has 0 heterocycles. The van der Waals surface area contributed by atoms with Crippen LogP contribution in [-0.2, 0) is 15.6 Å². The lowest BCUT2D eigenvalue weighted by Crippen LogP contribution is -2.30. The highest BCUT2D eigenvalue weighted by molar-refractivity contribution is 5.79. The minimum Gasteiger partial charge on any atom is -0.425 e. The zero-order valence-corrected chi connectivity index (χ0v) is 15.8. The summed E-state index contributed by atoms with van der Waals surface area (Å²) in [6, 6.07) is 6.19. The monoisotopic (exact) mass is 304 g/mol. The molecule has 0 saturated heterocycles. The van der Waals surface area contributed by atoms with E-state index in [1.807, 2.05) is 20.8 Å². The summed E-state index contributed by atoms with van der Waals surface area (Å²) in [7, 11) is 0. The van der Waals surface area contributed by atoms with Gasteiger partial charge in [-0.1, -0.05) is 66.7 Å². The first-order chi connectivity index (χ1) is 9.80. The Morgan fingerprint density at radius 1 is 0.909 bits per heavy atom. The largest absolute Gasteiger partial charge is 0.425 e. The van der Waals surface area contributed by atoms with E-state index in [1.165, 1.54) is 0 Å². The molecule has 0 N–H and O–H groups in total. The highest BCUT2D eigenvalue weighted by Crippen LogP contribution is 2.40. The number of esters is 1. The first-order valence-corrected chi connectivity index (χ1v) is 8.17. The van der Waals surface area contributed by atoms with Gasteiger partial charge in [0, 0.05) is 11.1 Å². The van der Waals surface area contributed by atoms with Crippen molar-refractivity contribution in [3.8, 4) is 5.75 Å². The van der Waals surface area contributed by atoms with Gasteiger partial charge in [-0.3, -0.25) is 4.79 Å². The number of para-hydroxylation sites is 1. The molecule has 0 spiro atoms. The lowest BCUT2D eigenvalue weighted by Gasteiger charge is -2.30. The second kappa shape index (κ2) is 6.06. The van der Waals surface area contributed by atoms with Crippen LogP contribution in [0.1, 0.15) is 79.9 Å². The van der Waals surface area contributed by atoms with Crippen molar-refractivity contribution in [3.05, 3.63) is 29.3 Å². The Bertz CT molecular complexity index is 508. The maximum absolute atomic E-state index is 12.6. The van der Waals surface area contributed by atoms with Crippen molar-refractivity contribution in [2.75, 3.05) is 0 Å². The molecule has 0 aromatic heterocycles. The summed E-state index contributed by atoms with van der Waals surface area (Å²) in [6.07, 6.45) is 0.758. The number of hydrogen-bond donors (Lipinski definition) is 0. The second-order valence-electron chi connectivity index (χ2n) is 8.81. The Kier molecular flexibility index (Phi) is 5.16. The maximum atomic E-state index is 12.6. The molecule has 22 heavy (non-hydrogen) atoms. The van der Waals surface area contributed by atoms with Gasteiger partial charge in [0.25, 0.3) is 0 Å². The molecule has 0 unspecified atom stereocenters. The van der Waals surface area contributed by atoms with Gasteiger partial charge in [-0.05, 0) is 31.1 Å². The first kappa shape index (κ1) is 18.7. The molecule has 0 aliphatic carbocycles. The fraction of sp³-hybridized carbons (Fsp3) is 0.650. The van der Waals surface area contributed by atoms with E-state index in [0.29, 0.717) is 0 Å². The Morgan fingerprint density at radius 2 is 1.32 bits per heavy atom. The molecule has 0 aliphatic rings. The highest BCUT2D eigenvalue weighted by Gasteiger charge is 2.32. The van der Waals surface area contributed by atoms with Gasteiger partial charge >= 0.3 is 5.97 Å². The van der Waals surface area contributed by atoms with Crippen molar-refractivity contribution in [1.29, 1.82) is 0 Å². The van der Waals surface area contributed by atoms with Gasteiger partial charge in [0.15, 0.2) is 0 Å². The van der Waals surface area contributed by atoms with Gasteiger partial charge in [-0.15, -0.1) is 0 Å². The van der Waals surface area contributed by atoms with Crippen LogP contribution in [0.15, 0.2) is 18.2 Å². The zero-order valence-electron chi connectivity index (χ0n) is 15.8. The van der Waals surface area contributed by atoms with E-state index in [-0.39, 0.29) is 16.8 Å². The molecule has 2 nitrogen and oxygen atoms in total. The highest BCUT2D eigenvalue weighted by atomic mass is 16.5. The Labute approximate surface area is 136 Å². The normalized spacial score (nSPS) is 13.1. The molecule has 0 atom stereocenters. The fourth-order valence-corrected chi connectivity index (χ4v) is 2.20. The van der Waals surface area contributed by atoms with E-state index >= 15 is 0 Å². The number of carbonyl (C=O) groups excluding carboxylic acids is 1. The summed E-state index contributed by atoms with van der Waals surface area (Å²) in [5, 5.41) is 0. The summed E-state index contributed by atoms with van der Waals surface area (Å²) in [6.45, 7) is 18.8. The van der Waals surface area contributed by atoms with Gasteiger partial charge < -0.3 is 4.74 Å². The number of carbonyl (C=O) groups is 1. The first-order valence-electron chi connectivity index (χ1n) is 8.17. The van der Waals surface area contributed by atoms with Crippen LogP contribution in [0, 0.1) is 5.41 Å². The molecule has 0 amide bonds. The third kappa shape index (κ3) is 4.12. The summed E-state index contributed by atoms with van der Waals surface area (Å²) < 4.78 is 5.95. The maximum Gasteiger partial charge on any atom is 0.316 e. The van der Waals surface area contributed by atoms with Crippen LogP contribution in [0.5, 0.6) is 5.75 Å². The molecule has 1 aromatic carbocycles. The van der Waals surface area contributed by atoms with Crippen molar-refractivity contribution in [2.24, 2.45) is 5.41 Å². The Hall–Kier alpha value is -1.31. The molecule has 124 valence electrons. The molecular formula is C20H32O2. The molecule has 0 aliphatic heterocycles. The van der Waals surface area contributed by atoms with E-state index in [2.05, 4.69) is 59.7 Å². The third-order valence-corrected chi connectivity index (χ3v) is 4.26. The quantitative estimate of drug-likeness (QED) is 0.535. The lowest BCUT2D eigenvalue weighted by molar-refractivity contribution is -0.144. The molecule has 0 bridgehead atoms. The predicted octanol–water partition coefficient (Wildman–Crippen LogP) is 5.62. The number of rotatable bonds is 3. The van der Waals surface area contributed by atoms with E-state index in [4.69, 9.17) is 4.74 Å².